The smallest absolute Gasteiger partial charge is 0.337 e. The highest BCUT2D eigenvalue weighted by atomic mass is 16.6. The van der Waals surface area contributed by atoms with E-state index in [1.54, 1.807) is 12.3 Å². The standard InChI is InChI=1S/C9H8N2O3/c1-14-11-3-2-7-8(11)4-6(5-10-7)9(12)13/h2-5H,1H3,(H,12,13). The Bertz CT molecular complexity index is 490. The first-order valence-corrected chi connectivity index (χ1v) is 3.97. The van der Waals surface area contributed by atoms with Gasteiger partial charge < -0.3 is 9.94 Å². The largest absolute Gasteiger partial charge is 0.478 e. The van der Waals surface area contributed by atoms with Crippen molar-refractivity contribution < 1.29 is 14.7 Å². The Kier molecular flexibility index (Phi) is 1.85. The van der Waals surface area contributed by atoms with Crippen molar-refractivity contribution in [2.45, 2.75) is 0 Å². The van der Waals surface area contributed by atoms with Crippen LogP contribution in [0.25, 0.3) is 11.0 Å². The van der Waals surface area contributed by atoms with Gasteiger partial charge >= 0.3 is 5.97 Å². The van der Waals surface area contributed by atoms with Crippen molar-refractivity contribution in [2.75, 3.05) is 7.11 Å². The average molecular weight is 192 g/mol. The van der Waals surface area contributed by atoms with Crippen LogP contribution in [0, 0.1) is 0 Å². The summed E-state index contributed by atoms with van der Waals surface area (Å²) in [7, 11) is 1.51. The molecule has 2 aromatic rings. The summed E-state index contributed by atoms with van der Waals surface area (Å²) in [5.74, 6) is -0.997. The van der Waals surface area contributed by atoms with Crippen LogP contribution in [-0.2, 0) is 0 Å². The molecule has 14 heavy (non-hydrogen) atoms. The van der Waals surface area contributed by atoms with Crippen LogP contribution in [0.5, 0.6) is 0 Å². The molecular formula is C9H8N2O3. The van der Waals surface area contributed by atoms with E-state index in [4.69, 9.17) is 9.94 Å². The van der Waals surface area contributed by atoms with E-state index in [0.717, 1.165) is 0 Å². The topological polar surface area (TPSA) is 64.4 Å². The lowest BCUT2D eigenvalue weighted by Gasteiger charge is -2.01. The lowest BCUT2D eigenvalue weighted by Crippen LogP contribution is -2.04. The first-order valence-electron chi connectivity index (χ1n) is 3.97. The van der Waals surface area contributed by atoms with Crippen LogP contribution in [0.3, 0.4) is 0 Å². The number of carboxylic acids is 1. The number of aromatic carboxylic acids is 1. The van der Waals surface area contributed by atoms with Crippen LogP contribution in [0.15, 0.2) is 24.5 Å². The zero-order valence-electron chi connectivity index (χ0n) is 7.47. The minimum absolute atomic E-state index is 0.148. The highest BCUT2D eigenvalue weighted by Gasteiger charge is 2.07. The summed E-state index contributed by atoms with van der Waals surface area (Å²) >= 11 is 0. The van der Waals surface area contributed by atoms with Gasteiger partial charge in [-0.1, -0.05) is 0 Å². The molecule has 0 fully saturated rings. The Labute approximate surface area is 79.5 Å². The molecule has 0 atom stereocenters. The van der Waals surface area contributed by atoms with Crippen molar-refractivity contribution in [3.8, 4) is 0 Å². The number of nitrogens with zero attached hydrogens (tertiary/aromatic N) is 2. The third-order valence-corrected chi connectivity index (χ3v) is 1.95. The Hall–Kier alpha value is -2.04. The maximum atomic E-state index is 10.7. The lowest BCUT2D eigenvalue weighted by atomic mass is 10.2. The zero-order valence-corrected chi connectivity index (χ0v) is 7.47. The van der Waals surface area contributed by atoms with E-state index in [-0.39, 0.29) is 5.56 Å². The SMILES string of the molecule is COn1ccc2ncc(C(=O)O)cc21. The van der Waals surface area contributed by atoms with Crippen molar-refractivity contribution in [1.29, 1.82) is 0 Å². The van der Waals surface area contributed by atoms with Crippen LogP contribution >= 0.6 is 0 Å². The highest BCUT2D eigenvalue weighted by molar-refractivity contribution is 5.91. The van der Waals surface area contributed by atoms with Crippen molar-refractivity contribution in [3.63, 3.8) is 0 Å². The molecule has 0 saturated carbocycles. The number of hydrogen-bond acceptors (Lipinski definition) is 3. The summed E-state index contributed by atoms with van der Waals surface area (Å²) in [5, 5.41) is 8.76. The van der Waals surface area contributed by atoms with Gasteiger partial charge in [-0.3, -0.25) is 4.98 Å². The van der Waals surface area contributed by atoms with Crippen LogP contribution in [0.4, 0.5) is 0 Å². The maximum absolute atomic E-state index is 10.7. The molecule has 0 radical (unpaired) electrons. The Morgan fingerprint density at radius 3 is 3.07 bits per heavy atom. The second kappa shape index (κ2) is 3.02. The van der Waals surface area contributed by atoms with E-state index in [0.29, 0.717) is 11.0 Å². The molecule has 5 heteroatoms. The predicted molar refractivity (Wildman–Crippen MR) is 49.2 cm³/mol. The number of carboxylic acid groups (broad SMARTS) is 1. The van der Waals surface area contributed by atoms with Gasteiger partial charge in [-0.15, -0.1) is 0 Å². The number of pyridine rings is 1. The summed E-state index contributed by atoms with van der Waals surface area (Å²) in [5.41, 5.74) is 1.50. The Balaban J connectivity index is 2.67. The molecule has 2 aromatic heterocycles. The van der Waals surface area contributed by atoms with Crippen molar-refractivity contribution in [1.82, 2.24) is 9.71 Å². The van der Waals surface area contributed by atoms with Gasteiger partial charge in [0, 0.05) is 12.4 Å². The molecule has 0 spiro atoms. The summed E-state index contributed by atoms with van der Waals surface area (Å²) in [6.45, 7) is 0. The fraction of sp³-hybridized carbons (Fsp3) is 0.111. The second-order valence-corrected chi connectivity index (χ2v) is 2.76. The van der Waals surface area contributed by atoms with Crippen LogP contribution in [-0.4, -0.2) is 27.9 Å². The van der Waals surface area contributed by atoms with E-state index < -0.39 is 5.97 Å². The average Bonchev–Trinajstić information content (AvgIpc) is 2.59. The normalized spacial score (nSPS) is 10.4. The van der Waals surface area contributed by atoms with E-state index in [2.05, 4.69) is 4.98 Å². The molecule has 0 saturated heterocycles. The molecule has 0 aliphatic carbocycles. The second-order valence-electron chi connectivity index (χ2n) is 2.76. The Morgan fingerprint density at radius 1 is 1.64 bits per heavy atom. The Morgan fingerprint density at radius 2 is 2.43 bits per heavy atom. The summed E-state index contributed by atoms with van der Waals surface area (Å²) < 4.78 is 1.47. The summed E-state index contributed by atoms with van der Waals surface area (Å²) in [6, 6.07) is 3.28. The minimum atomic E-state index is -0.997. The van der Waals surface area contributed by atoms with Crippen LogP contribution in [0.1, 0.15) is 10.4 Å². The van der Waals surface area contributed by atoms with Gasteiger partial charge in [-0.05, 0) is 12.1 Å². The van der Waals surface area contributed by atoms with E-state index >= 15 is 0 Å². The van der Waals surface area contributed by atoms with Crippen molar-refractivity contribution in [2.24, 2.45) is 0 Å². The molecule has 0 aliphatic rings. The number of rotatable bonds is 2. The van der Waals surface area contributed by atoms with Gasteiger partial charge in [0.2, 0.25) is 0 Å². The summed E-state index contributed by atoms with van der Waals surface area (Å²) in [6.07, 6.45) is 3.01. The molecule has 2 rings (SSSR count). The van der Waals surface area contributed by atoms with E-state index in [1.165, 1.54) is 24.1 Å². The minimum Gasteiger partial charge on any atom is -0.478 e. The predicted octanol–water partition coefficient (Wildman–Crippen LogP) is 0.793. The molecule has 0 aliphatic heterocycles. The maximum Gasteiger partial charge on any atom is 0.337 e. The molecule has 0 bridgehead atoms. The third kappa shape index (κ3) is 1.19. The first kappa shape index (κ1) is 8.55. The van der Waals surface area contributed by atoms with Gasteiger partial charge in [0.05, 0.1) is 11.1 Å². The van der Waals surface area contributed by atoms with Gasteiger partial charge in [0.1, 0.15) is 12.6 Å². The quantitative estimate of drug-likeness (QED) is 0.764. The third-order valence-electron chi connectivity index (χ3n) is 1.95. The molecule has 1 N–H and O–H groups in total. The van der Waals surface area contributed by atoms with Crippen molar-refractivity contribution >= 4 is 17.0 Å². The zero-order chi connectivity index (χ0) is 10.1. The molecule has 72 valence electrons. The monoisotopic (exact) mass is 192 g/mol. The van der Waals surface area contributed by atoms with Gasteiger partial charge in [0.15, 0.2) is 0 Å². The molecule has 2 heterocycles. The molecule has 0 amide bonds. The van der Waals surface area contributed by atoms with E-state index in [9.17, 15) is 4.79 Å². The molecular weight excluding hydrogens is 184 g/mol. The highest BCUT2D eigenvalue weighted by Crippen LogP contribution is 2.13. The fourth-order valence-electron chi connectivity index (χ4n) is 1.26. The van der Waals surface area contributed by atoms with Gasteiger partial charge in [0.25, 0.3) is 0 Å². The van der Waals surface area contributed by atoms with Crippen molar-refractivity contribution in [3.05, 3.63) is 30.1 Å². The molecule has 5 nitrogen and oxygen atoms in total. The number of hydrogen-bond donors (Lipinski definition) is 1. The number of aromatic nitrogens is 2. The molecule has 0 aromatic carbocycles. The lowest BCUT2D eigenvalue weighted by molar-refractivity contribution is 0.0696. The summed E-state index contributed by atoms with van der Waals surface area (Å²) in [4.78, 5) is 19.7. The number of fused-ring (bicyclic) bond motifs is 1. The van der Waals surface area contributed by atoms with Crippen LogP contribution < -0.4 is 4.84 Å². The van der Waals surface area contributed by atoms with Crippen LogP contribution in [0.2, 0.25) is 0 Å². The van der Waals surface area contributed by atoms with E-state index in [1.807, 2.05) is 0 Å². The van der Waals surface area contributed by atoms with Gasteiger partial charge in [-0.25, -0.2) is 4.79 Å². The number of carbonyl (C=O) groups is 1. The fourth-order valence-corrected chi connectivity index (χ4v) is 1.26. The van der Waals surface area contributed by atoms with Gasteiger partial charge in [-0.2, -0.15) is 4.73 Å². The molecule has 0 unspecified atom stereocenters. The first-order chi connectivity index (χ1) is 6.72.